The van der Waals surface area contributed by atoms with Gasteiger partial charge in [0.15, 0.2) is 0 Å². The van der Waals surface area contributed by atoms with Crippen LogP contribution >= 0.6 is 0 Å². The van der Waals surface area contributed by atoms with Crippen molar-refractivity contribution in [1.82, 2.24) is 5.32 Å². The van der Waals surface area contributed by atoms with Crippen LogP contribution < -0.4 is 5.32 Å². The molecule has 0 aromatic carbocycles. The molecule has 1 amide bonds. The van der Waals surface area contributed by atoms with Crippen molar-refractivity contribution >= 4 is 17.8 Å². The summed E-state index contributed by atoms with van der Waals surface area (Å²) in [7, 11) is 0. The van der Waals surface area contributed by atoms with Gasteiger partial charge in [-0.05, 0) is 34.6 Å². The van der Waals surface area contributed by atoms with Gasteiger partial charge in [-0.3, -0.25) is 14.9 Å². The highest BCUT2D eigenvalue weighted by atomic mass is 16.6. The molecule has 0 heterocycles. The van der Waals surface area contributed by atoms with Gasteiger partial charge in [0.2, 0.25) is 5.78 Å². The zero-order chi connectivity index (χ0) is 17.5. The lowest BCUT2D eigenvalue weighted by Crippen LogP contribution is -2.46. The van der Waals surface area contributed by atoms with Gasteiger partial charge in [-0.2, -0.15) is 0 Å². The first-order valence-electron chi connectivity index (χ1n) is 6.74. The van der Waals surface area contributed by atoms with Gasteiger partial charge in [-0.1, -0.05) is 0 Å². The van der Waals surface area contributed by atoms with Gasteiger partial charge in [-0.15, -0.1) is 0 Å². The molecule has 22 heavy (non-hydrogen) atoms. The van der Waals surface area contributed by atoms with Crippen molar-refractivity contribution in [3.63, 3.8) is 0 Å². The largest absolute Gasteiger partial charge is 0.458 e. The normalized spacial score (nSPS) is 12.5. The number of amides is 1. The molecule has 0 saturated carbocycles. The van der Waals surface area contributed by atoms with Gasteiger partial charge >= 0.3 is 12.1 Å². The summed E-state index contributed by atoms with van der Waals surface area (Å²) in [5.41, 5.74) is -0.828. The van der Waals surface area contributed by atoms with Crippen molar-refractivity contribution in [1.29, 1.82) is 0 Å². The van der Waals surface area contributed by atoms with Crippen LogP contribution in [0.5, 0.6) is 0 Å². The van der Waals surface area contributed by atoms with E-state index in [4.69, 9.17) is 9.47 Å². The molecule has 0 spiro atoms. The van der Waals surface area contributed by atoms with E-state index >= 15 is 0 Å². The van der Waals surface area contributed by atoms with Crippen LogP contribution in [-0.4, -0.2) is 47.1 Å². The fourth-order valence-electron chi connectivity index (χ4n) is 1.39. The summed E-state index contributed by atoms with van der Waals surface area (Å²) >= 11 is 0. The van der Waals surface area contributed by atoms with E-state index in [1.165, 1.54) is 0 Å². The third kappa shape index (κ3) is 9.67. The molecule has 0 saturated heterocycles. The third-order valence-electron chi connectivity index (χ3n) is 2.06. The Bertz CT molecular complexity index is 440. The minimum Gasteiger partial charge on any atom is -0.458 e. The number of ether oxygens (including phenoxy) is 2. The van der Waals surface area contributed by atoms with Crippen molar-refractivity contribution in [2.24, 2.45) is 0 Å². The molecule has 0 fully saturated rings. The summed E-state index contributed by atoms with van der Waals surface area (Å²) in [4.78, 5) is 44.5. The molecule has 126 valence electrons. The highest BCUT2D eigenvalue weighted by Crippen LogP contribution is 2.10. The van der Waals surface area contributed by atoms with E-state index in [0.29, 0.717) is 0 Å². The number of alkyl carbamates (subject to hydrolysis) is 1. The summed E-state index contributed by atoms with van der Waals surface area (Å²) in [5.74, 6) is -1.66. The molecule has 0 aliphatic heterocycles. The van der Waals surface area contributed by atoms with E-state index in [1.54, 1.807) is 34.6 Å². The van der Waals surface area contributed by atoms with Crippen molar-refractivity contribution in [3.05, 3.63) is 10.1 Å². The molecule has 0 aromatic heterocycles. The van der Waals surface area contributed by atoms with Crippen LogP contribution in [0.2, 0.25) is 0 Å². The number of nitrogens with one attached hydrogen (secondary N) is 1. The lowest BCUT2D eigenvalue weighted by molar-refractivity contribution is -0.467. The van der Waals surface area contributed by atoms with Crippen LogP contribution in [0.1, 0.15) is 41.0 Å². The van der Waals surface area contributed by atoms with E-state index < -0.39 is 53.5 Å². The Morgan fingerprint density at radius 2 is 1.77 bits per heavy atom. The number of nitro groups is 1. The Balaban J connectivity index is 4.90. The molecular weight excluding hydrogens is 296 g/mol. The number of esters is 1. The Kier molecular flexibility index (Phi) is 7.47. The molecule has 0 aromatic rings. The number of carbonyl (C=O) groups excluding carboxylic acids is 3. The second-order valence-corrected chi connectivity index (χ2v) is 5.92. The second kappa shape index (κ2) is 8.30. The predicted molar refractivity (Wildman–Crippen MR) is 75.9 cm³/mol. The molecule has 0 aliphatic rings. The molecule has 9 heteroatoms. The molecule has 0 aliphatic carbocycles. The number of rotatable bonds is 7. The summed E-state index contributed by atoms with van der Waals surface area (Å²) in [5, 5.41) is 12.5. The van der Waals surface area contributed by atoms with Crippen LogP contribution in [0.3, 0.4) is 0 Å². The molecule has 0 rings (SSSR count). The molecule has 1 atom stereocenters. The number of carbonyl (C=O) groups is 3. The Morgan fingerprint density at radius 3 is 2.18 bits per heavy atom. The first-order valence-corrected chi connectivity index (χ1v) is 6.74. The molecule has 1 N–H and O–H groups in total. The molecule has 9 nitrogen and oxygen atoms in total. The summed E-state index contributed by atoms with van der Waals surface area (Å²) in [6.07, 6.45) is -1.86. The van der Waals surface area contributed by atoms with Crippen LogP contribution in [-0.2, 0) is 19.1 Å². The second-order valence-electron chi connectivity index (χ2n) is 5.92. The fourth-order valence-corrected chi connectivity index (χ4v) is 1.39. The van der Waals surface area contributed by atoms with Gasteiger partial charge in [-0.25, -0.2) is 9.59 Å². The average Bonchev–Trinajstić information content (AvgIpc) is 2.22. The van der Waals surface area contributed by atoms with E-state index in [1.807, 2.05) is 0 Å². The minimum atomic E-state index is -1.34. The Hall–Kier alpha value is -2.19. The van der Waals surface area contributed by atoms with Crippen LogP contribution in [0.25, 0.3) is 0 Å². The highest BCUT2D eigenvalue weighted by Gasteiger charge is 2.30. The molecule has 0 unspecified atom stereocenters. The van der Waals surface area contributed by atoms with Crippen LogP contribution in [0, 0.1) is 10.1 Å². The van der Waals surface area contributed by atoms with E-state index in [-0.39, 0.29) is 0 Å². The van der Waals surface area contributed by atoms with Crippen molar-refractivity contribution in [2.75, 3.05) is 6.54 Å². The topological polar surface area (TPSA) is 125 Å². The SMILES string of the molecule is CC(C)OC(=O)N[C@@H](CC(=O)C[N+](=O)[O-])C(=O)OC(C)(C)C. The minimum absolute atomic E-state index is 0.422. The highest BCUT2D eigenvalue weighted by molar-refractivity contribution is 5.89. The van der Waals surface area contributed by atoms with Gasteiger partial charge in [0, 0.05) is 11.3 Å². The summed E-state index contributed by atoms with van der Waals surface area (Å²) in [6.45, 7) is 7.15. The number of nitrogens with zero attached hydrogens (tertiary/aromatic N) is 1. The van der Waals surface area contributed by atoms with Gasteiger partial charge < -0.3 is 14.8 Å². The van der Waals surface area contributed by atoms with E-state index in [9.17, 15) is 24.5 Å². The molecular formula is C13H22N2O7. The zero-order valence-corrected chi connectivity index (χ0v) is 13.4. The predicted octanol–water partition coefficient (Wildman–Crippen LogP) is 1.07. The van der Waals surface area contributed by atoms with Crippen molar-refractivity contribution in [2.45, 2.75) is 58.8 Å². The first kappa shape index (κ1) is 19.8. The number of hydrogen-bond donors (Lipinski definition) is 1. The number of ketones is 1. The summed E-state index contributed by atoms with van der Waals surface area (Å²) < 4.78 is 9.90. The van der Waals surface area contributed by atoms with Gasteiger partial charge in [0.25, 0.3) is 6.54 Å². The molecule has 0 bridgehead atoms. The maximum absolute atomic E-state index is 12.0. The van der Waals surface area contributed by atoms with Crippen LogP contribution in [0.4, 0.5) is 4.79 Å². The molecule has 0 radical (unpaired) electrons. The maximum Gasteiger partial charge on any atom is 0.408 e. The quantitative estimate of drug-likeness (QED) is 0.422. The van der Waals surface area contributed by atoms with Crippen molar-refractivity contribution in [3.8, 4) is 0 Å². The van der Waals surface area contributed by atoms with Gasteiger partial charge in [0.1, 0.15) is 11.6 Å². The lowest BCUT2D eigenvalue weighted by atomic mass is 10.1. The van der Waals surface area contributed by atoms with E-state index in [0.717, 1.165) is 0 Å². The van der Waals surface area contributed by atoms with Crippen LogP contribution in [0.15, 0.2) is 0 Å². The Labute approximate surface area is 128 Å². The Morgan fingerprint density at radius 1 is 1.23 bits per heavy atom. The lowest BCUT2D eigenvalue weighted by Gasteiger charge is -2.24. The number of Topliss-reactive ketones (excluding diaryl/α,β-unsaturated/α-hetero) is 1. The number of hydrogen-bond acceptors (Lipinski definition) is 7. The van der Waals surface area contributed by atoms with E-state index in [2.05, 4.69) is 5.32 Å². The van der Waals surface area contributed by atoms with Crippen molar-refractivity contribution < 1.29 is 28.8 Å². The maximum atomic E-state index is 12.0. The first-order chi connectivity index (χ1) is 9.90. The fraction of sp³-hybridized carbons (Fsp3) is 0.769. The standard InChI is InChI=1S/C13H22N2O7/c1-8(2)21-12(18)14-10(6-9(16)7-15(19)20)11(17)22-13(3,4)5/h8,10H,6-7H2,1-5H3,(H,14,18)/t10-/m0/s1. The average molecular weight is 318 g/mol. The van der Waals surface area contributed by atoms with Gasteiger partial charge in [0.05, 0.1) is 6.10 Å². The third-order valence-corrected chi connectivity index (χ3v) is 2.06. The zero-order valence-electron chi connectivity index (χ0n) is 13.4. The summed E-state index contributed by atoms with van der Waals surface area (Å²) in [6, 6.07) is -1.34. The smallest absolute Gasteiger partial charge is 0.408 e. The monoisotopic (exact) mass is 318 g/mol.